The summed E-state index contributed by atoms with van der Waals surface area (Å²) in [6.45, 7) is 3.20. The first-order chi connectivity index (χ1) is 19.5. The van der Waals surface area contributed by atoms with Crippen molar-refractivity contribution in [2.75, 3.05) is 24.6 Å². The molecule has 6 aromatic rings. The minimum absolute atomic E-state index is 0.0599. The summed E-state index contributed by atoms with van der Waals surface area (Å²) in [5.74, 6) is 0.571. The molecule has 0 spiro atoms. The number of nitrogens with two attached hydrogens (primary N) is 2. The topological polar surface area (TPSA) is 162 Å². The fourth-order valence-corrected chi connectivity index (χ4v) is 5.58. The average molecular weight is 534 g/mol. The SMILES string of the molecule is Cc1cn(C2CCN(C(=O)c3nc(N)n[nH]3)CC2)c2nc3c(-c4ccc(-c5ccccc5)nc4)cnn3c(N)c12. The van der Waals surface area contributed by atoms with Gasteiger partial charge in [0.05, 0.1) is 17.3 Å². The number of benzene rings is 1. The third-order valence-corrected chi connectivity index (χ3v) is 7.63. The molecule has 0 radical (unpaired) electrons. The van der Waals surface area contributed by atoms with Crippen molar-refractivity contribution in [2.24, 2.45) is 0 Å². The maximum atomic E-state index is 12.8. The second kappa shape index (κ2) is 9.19. The second-order valence-corrected chi connectivity index (χ2v) is 10.1. The Kier molecular flexibility index (Phi) is 5.47. The highest BCUT2D eigenvalue weighted by atomic mass is 16.2. The van der Waals surface area contributed by atoms with E-state index in [9.17, 15) is 4.79 Å². The van der Waals surface area contributed by atoms with Crippen LogP contribution in [0.1, 0.15) is 35.1 Å². The molecular weight excluding hydrogens is 506 g/mol. The second-order valence-electron chi connectivity index (χ2n) is 10.1. The Morgan fingerprint density at radius 2 is 1.77 bits per heavy atom. The van der Waals surface area contributed by atoms with Crippen LogP contribution in [0.3, 0.4) is 0 Å². The van der Waals surface area contributed by atoms with E-state index in [1.165, 1.54) is 0 Å². The molecule has 200 valence electrons. The van der Waals surface area contributed by atoms with Crippen molar-refractivity contribution in [1.82, 2.24) is 44.2 Å². The van der Waals surface area contributed by atoms with Crippen molar-refractivity contribution < 1.29 is 4.79 Å². The Morgan fingerprint density at radius 3 is 2.48 bits per heavy atom. The van der Waals surface area contributed by atoms with Gasteiger partial charge in [-0.25, -0.2) is 4.98 Å². The van der Waals surface area contributed by atoms with Gasteiger partial charge >= 0.3 is 0 Å². The third kappa shape index (κ3) is 3.83. The van der Waals surface area contributed by atoms with Crippen LogP contribution in [-0.4, -0.2) is 63.2 Å². The van der Waals surface area contributed by atoms with Gasteiger partial charge in [0, 0.05) is 48.2 Å². The normalized spacial score (nSPS) is 14.4. The molecule has 6 heterocycles. The molecule has 12 heteroatoms. The molecule has 1 aliphatic heterocycles. The minimum atomic E-state index is -0.198. The minimum Gasteiger partial charge on any atom is -0.383 e. The van der Waals surface area contributed by atoms with Crippen molar-refractivity contribution in [2.45, 2.75) is 25.8 Å². The van der Waals surface area contributed by atoms with Crippen LogP contribution in [0.4, 0.5) is 11.8 Å². The predicted molar refractivity (Wildman–Crippen MR) is 151 cm³/mol. The van der Waals surface area contributed by atoms with Gasteiger partial charge in [-0.15, -0.1) is 5.10 Å². The van der Waals surface area contributed by atoms with Crippen molar-refractivity contribution in [3.63, 3.8) is 0 Å². The number of carbonyl (C=O) groups excluding carboxylic acids is 1. The number of nitrogens with zero attached hydrogens (tertiary/aromatic N) is 8. The Bertz CT molecular complexity index is 1860. The summed E-state index contributed by atoms with van der Waals surface area (Å²) < 4.78 is 3.90. The molecule has 1 aromatic carbocycles. The molecule has 5 N–H and O–H groups in total. The number of carbonyl (C=O) groups is 1. The van der Waals surface area contributed by atoms with Gasteiger partial charge in [0.25, 0.3) is 5.91 Å². The molecule has 5 aromatic heterocycles. The van der Waals surface area contributed by atoms with Crippen molar-refractivity contribution in [3.05, 3.63) is 72.4 Å². The molecule has 1 aliphatic rings. The highest BCUT2D eigenvalue weighted by Crippen LogP contribution is 2.35. The monoisotopic (exact) mass is 533 g/mol. The van der Waals surface area contributed by atoms with Gasteiger partial charge in [0.2, 0.25) is 11.8 Å². The first-order valence-electron chi connectivity index (χ1n) is 13.1. The number of hydrogen-bond donors (Lipinski definition) is 3. The standard InChI is InChI=1S/C28H27N11O/c1-16-15-38(19-9-11-37(12-10-19)27(40)24-33-28(30)36-35-24)26-22(16)23(29)39-25(34-26)20(14-32-39)18-7-8-21(31-13-18)17-5-3-2-4-6-17/h2-8,13-15,19H,9-12,29H2,1H3,(H3,30,33,35,36). The zero-order valence-corrected chi connectivity index (χ0v) is 21.8. The maximum Gasteiger partial charge on any atom is 0.291 e. The number of aromatic amines is 1. The van der Waals surface area contributed by atoms with Crippen molar-refractivity contribution in [3.8, 4) is 22.4 Å². The van der Waals surface area contributed by atoms with Gasteiger partial charge in [0.15, 0.2) is 5.65 Å². The first kappa shape index (κ1) is 23.8. The number of H-pyrrole nitrogens is 1. The van der Waals surface area contributed by atoms with Crippen LogP contribution in [0.2, 0.25) is 0 Å². The molecule has 1 amide bonds. The number of aromatic nitrogens is 8. The quantitative estimate of drug-likeness (QED) is 0.310. The molecule has 0 atom stereocenters. The number of pyridine rings is 1. The summed E-state index contributed by atoms with van der Waals surface area (Å²) in [7, 11) is 0. The van der Waals surface area contributed by atoms with Gasteiger partial charge < -0.3 is 20.9 Å². The number of fused-ring (bicyclic) bond motifs is 2. The Hall–Kier alpha value is -5.26. The van der Waals surface area contributed by atoms with Gasteiger partial charge in [-0.3, -0.25) is 14.9 Å². The zero-order valence-electron chi connectivity index (χ0n) is 21.8. The van der Waals surface area contributed by atoms with Crippen LogP contribution in [-0.2, 0) is 0 Å². The number of aryl methyl sites for hydroxylation is 1. The summed E-state index contributed by atoms with van der Waals surface area (Å²) in [5.41, 5.74) is 18.5. The number of anilines is 2. The largest absolute Gasteiger partial charge is 0.383 e. The van der Waals surface area contributed by atoms with Gasteiger partial charge in [-0.05, 0) is 31.4 Å². The fourth-order valence-electron chi connectivity index (χ4n) is 5.58. The third-order valence-electron chi connectivity index (χ3n) is 7.63. The molecule has 12 nitrogen and oxygen atoms in total. The maximum absolute atomic E-state index is 12.8. The lowest BCUT2D eigenvalue weighted by Crippen LogP contribution is -2.39. The molecule has 0 saturated carbocycles. The Labute approximate surface area is 228 Å². The van der Waals surface area contributed by atoms with Crippen molar-refractivity contribution >= 4 is 34.4 Å². The van der Waals surface area contributed by atoms with Gasteiger partial charge in [0.1, 0.15) is 11.5 Å². The fraction of sp³-hybridized carbons (Fsp3) is 0.214. The molecule has 1 fully saturated rings. The molecule has 0 bridgehead atoms. The molecule has 40 heavy (non-hydrogen) atoms. The first-order valence-corrected chi connectivity index (χ1v) is 13.1. The number of rotatable bonds is 4. The van der Waals surface area contributed by atoms with E-state index < -0.39 is 0 Å². The Balaban J connectivity index is 1.21. The van der Waals surface area contributed by atoms with Gasteiger partial charge in [-0.2, -0.15) is 14.6 Å². The van der Waals surface area contributed by atoms with E-state index in [2.05, 4.69) is 36.0 Å². The predicted octanol–water partition coefficient (Wildman–Crippen LogP) is 3.48. The smallest absolute Gasteiger partial charge is 0.291 e. The molecule has 1 saturated heterocycles. The summed E-state index contributed by atoms with van der Waals surface area (Å²) in [5, 5.41) is 11.8. The number of piperidine rings is 1. The van der Waals surface area contributed by atoms with Crippen LogP contribution < -0.4 is 11.5 Å². The summed E-state index contributed by atoms with van der Waals surface area (Å²) >= 11 is 0. The number of nitrogen functional groups attached to an aromatic ring is 2. The van der Waals surface area contributed by atoms with E-state index in [0.29, 0.717) is 24.6 Å². The summed E-state index contributed by atoms with van der Waals surface area (Å²) in [4.78, 5) is 28.3. The highest BCUT2D eigenvalue weighted by Gasteiger charge is 2.28. The summed E-state index contributed by atoms with van der Waals surface area (Å²) in [6.07, 6.45) is 7.27. The number of likely N-dealkylation sites (tertiary alicyclic amines) is 1. The lowest BCUT2D eigenvalue weighted by Gasteiger charge is -2.32. The number of nitrogens with one attached hydrogen (secondary N) is 1. The lowest BCUT2D eigenvalue weighted by atomic mass is 10.0. The molecule has 0 unspecified atom stereocenters. The Morgan fingerprint density at radius 1 is 0.975 bits per heavy atom. The van der Waals surface area contributed by atoms with Gasteiger partial charge in [-0.1, -0.05) is 36.4 Å². The van der Waals surface area contributed by atoms with E-state index >= 15 is 0 Å². The molecular formula is C28H27N11O. The number of amides is 1. The van der Waals surface area contributed by atoms with Crippen LogP contribution in [0, 0.1) is 6.92 Å². The van der Waals surface area contributed by atoms with Crippen LogP contribution in [0.15, 0.2) is 61.1 Å². The zero-order chi connectivity index (χ0) is 27.4. The van der Waals surface area contributed by atoms with E-state index in [1.54, 1.807) is 15.6 Å². The number of hydrogen-bond acceptors (Lipinski definition) is 8. The highest BCUT2D eigenvalue weighted by molar-refractivity contribution is 5.94. The van der Waals surface area contributed by atoms with Crippen LogP contribution >= 0.6 is 0 Å². The summed E-state index contributed by atoms with van der Waals surface area (Å²) in [6, 6.07) is 14.3. The van der Waals surface area contributed by atoms with Crippen LogP contribution in [0.5, 0.6) is 0 Å². The van der Waals surface area contributed by atoms with E-state index in [4.69, 9.17) is 16.5 Å². The van der Waals surface area contributed by atoms with E-state index in [-0.39, 0.29) is 23.7 Å². The molecule has 7 rings (SSSR count). The average Bonchev–Trinajstić information content (AvgIpc) is 3.71. The van der Waals surface area contributed by atoms with E-state index in [1.807, 2.05) is 55.6 Å². The molecule has 0 aliphatic carbocycles. The lowest BCUT2D eigenvalue weighted by molar-refractivity contribution is 0.0684. The van der Waals surface area contributed by atoms with Crippen LogP contribution in [0.25, 0.3) is 39.1 Å². The van der Waals surface area contributed by atoms with E-state index in [0.717, 1.165) is 51.8 Å². The van der Waals surface area contributed by atoms with Crippen molar-refractivity contribution in [1.29, 1.82) is 0 Å².